The van der Waals surface area contributed by atoms with Crippen LogP contribution in [0.25, 0.3) is 0 Å². The molecule has 3 aliphatic heterocycles. The molecule has 3 rings (SSSR count). The molecule has 3 saturated heterocycles. The first-order valence-electron chi connectivity index (χ1n) is 8.07. The number of piperazine rings is 1. The Morgan fingerprint density at radius 2 is 2.05 bits per heavy atom. The van der Waals surface area contributed by atoms with Gasteiger partial charge in [0.1, 0.15) is 0 Å². The second-order valence-corrected chi connectivity index (χ2v) is 8.48. The molecule has 21 heavy (non-hydrogen) atoms. The molecule has 120 valence electrons. The molecule has 2 atom stereocenters. The van der Waals surface area contributed by atoms with Gasteiger partial charge in [-0.3, -0.25) is 4.79 Å². The van der Waals surface area contributed by atoms with Gasteiger partial charge in [-0.15, -0.1) is 0 Å². The number of sulfonamides is 1. The maximum atomic E-state index is 12.5. The highest BCUT2D eigenvalue weighted by molar-refractivity contribution is 7.89. The van der Waals surface area contributed by atoms with Crippen molar-refractivity contribution < 1.29 is 13.2 Å². The van der Waals surface area contributed by atoms with Gasteiger partial charge in [0.05, 0.1) is 5.75 Å². The summed E-state index contributed by atoms with van der Waals surface area (Å²) in [6, 6.07) is 0.455. The molecule has 6 nitrogen and oxygen atoms in total. The van der Waals surface area contributed by atoms with E-state index in [1.807, 2.05) is 4.90 Å². The van der Waals surface area contributed by atoms with Gasteiger partial charge in [-0.25, -0.2) is 8.42 Å². The predicted octanol–water partition coefficient (Wildman–Crippen LogP) is 0.155. The number of nitrogens with zero attached hydrogens (tertiary/aromatic N) is 2. The lowest BCUT2D eigenvalue weighted by molar-refractivity contribution is -0.130. The van der Waals surface area contributed by atoms with E-state index in [2.05, 4.69) is 5.32 Å². The molecular formula is C14H25N3O3S. The van der Waals surface area contributed by atoms with Crippen LogP contribution in [0, 0.1) is 0 Å². The van der Waals surface area contributed by atoms with Crippen LogP contribution in [0.1, 0.15) is 38.5 Å². The highest BCUT2D eigenvalue weighted by Gasteiger charge is 2.39. The van der Waals surface area contributed by atoms with Gasteiger partial charge in [-0.2, -0.15) is 4.31 Å². The summed E-state index contributed by atoms with van der Waals surface area (Å²) in [5.41, 5.74) is 0. The van der Waals surface area contributed by atoms with Crippen molar-refractivity contribution in [3.8, 4) is 0 Å². The van der Waals surface area contributed by atoms with E-state index in [0.29, 0.717) is 38.5 Å². The second kappa shape index (κ2) is 6.22. The first-order chi connectivity index (χ1) is 10.1. The number of piperidine rings is 1. The van der Waals surface area contributed by atoms with Gasteiger partial charge in [0, 0.05) is 38.1 Å². The monoisotopic (exact) mass is 315 g/mol. The van der Waals surface area contributed by atoms with Crippen molar-refractivity contribution in [2.45, 2.75) is 50.6 Å². The fourth-order valence-electron chi connectivity index (χ4n) is 3.68. The molecule has 1 amide bonds. The number of carbonyl (C=O) groups is 1. The van der Waals surface area contributed by atoms with Gasteiger partial charge in [0.25, 0.3) is 0 Å². The number of hydrogen-bond acceptors (Lipinski definition) is 4. The minimum absolute atomic E-state index is 0.105. The molecule has 0 aliphatic carbocycles. The van der Waals surface area contributed by atoms with E-state index < -0.39 is 10.0 Å². The lowest BCUT2D eigenvalue weighted by Crippen LogP contribution is -2.53. The summed E-state index contributed by atoms with van der Waals surface area (Å²) >= 11 is 0. The summed E-state index contributed by atoms with van der Waals surface area (Å²) in [6.07, 6.45) is 5.55. The standard InChI is InChI=1S/C14H25N3O3S/c18-14-5-4-13-11-16(8-9-17(13)14)21(19,20)10-6-12-3-1-2-7-15-12/h12-13,15H,1-11H2. The largest absolute Gasteiger partial charge is 0.337 e. The summed E-state index contributed by atoms with van der Waals surface area (Å²) in [5.74, 6) is 0.411. The molecule has 0 aromatic carbocycles. The first-order valence-corrected chi connectivity index (χ1v) is 9.68. The van der Waals surface area contributed by atoms with Crippen molar-refractivity contribution in [1.82, 2.24) is 14.5 Å². The van der Waals surface area contributed by atoms with E-state index in [1.54, 1.807) is 4.31 Å². The topological polar surface area (TPSA) is 69.7 Å². The third kappa shape index (κ3) is 3.40. The van der Waals surface area contributed by atoms with Gasteiger partial charge in [-0.1, -0.05) is 6.42 Å². The number of fused-ring (bicyclic) bond motifs is 1. The number of amides is 1. The Morgan fingerprint density at radius 3 is 2.81 bits per heavy atom. The van der Waals surface area contributed by atoms with Gasteiger partial charge in [0.15, 0.2) is 0 Å². The van der Waals surface area contributed by atoms with Crippen LogP contribution < -0.4 is 5.32 Å². The zero-order valence-electron chi connectivity index (χ0n) is 12.5. The van der Waals surface area contributed by atoms with E-state index in [1.165, 1.54) is 12.8 Å². The highest BCUT2D eigenvalue weighted by atomic mass is 32.2. The maximum absolute atomic E-state index is 12.5. The van der Waals surface area contributed by atoms with Gasteiger partial charge < -0.3 is 10.2 Å². The molecule has 0 saturated carbocycles. The van der Waals surface area contributed by atoms with Gasteiger partial charge in [-0.05, 0) is 32.2 Å². The zero-order chi connectivity index (χ0) is 14.9. The van der Waals surface area contributed by atoms with Crippen LogP contribution in [0.5, 0.6) is 0 Å². The molecule has 0 spiro atoms. The van der Waals surface area contributed by atoms with Crippen LogP contribution in [0.2, 0.25) is 0 Å². The summed E-state index contributed by atoms with van der Waals surface area (Å²) in [4.78, 5) is 13.5. The number of rotatable bonds is 4. The molecular weight excluding hydrogens is 290 g/mol. The molecule has 3 fully saturated rings. The van der Waals surface area contributed by atoms with Crippen molar-refractivity contribution >= 4 is 15.9 Å². The summed E-state index contributed by atoms with van der Waals surface area (Å²) in [7, 11) is -3.18. The highest BCUT2D eigenvalue weighted by Crippen LogP contribution is 2.24. The average Bonchev–Trinajstić information content (AvgIpc) is 2.87. The Labute approximate surface area is 126 Å². The fraction of sp³-hybridized carbons (Fsp3) is 0.929. The Hall–Kier alpha value is -0.660. The summed E-state index contributed by atoms with van der Waals surface area (Å²) < 4.78 is 26.6. The summed E-state index contributed by atoms with van der Waals surface area (Å²) in [6.45, 7) is 2.52. The third-order valence-corrected chi connectivity index (χ3v) is 6.86. The van der Waals surface area contributed by atoms with Gasteiger partial charge in [0.2, 0.25) is 15.9 Å². The second-order valence-electron chi connectivity index (χ2n) is 6.39. The lowest BCUT2D eigenvalue weighted by atomic mass is 10.0. The SMILES string of the molecule is O=C1CCC2CN(S(=O)(=O)CCC3CCCCN3)CCN12. The van der Waals surface area contributed by atoms with Crippen LogP contribution in [0.3, 0.4) is 0 Å². The van der Waals surface area contributed by atoms with Crippen molar-refractivity contribution in [3.63, 3.8) is 0 Å². The molecule has 7 heteroatoms. The molecule has 1 N–H and O–H groups in total. The lowest BCUT2D eigenvalue weighted by Gasteiger charge is -2.37. The van der Waals surface area contributed by atoms with E-state index in [9.17, 15) is 13.2 Å². The Balaban J connectivity index is 1.54. The molecule has 3 heterocycles. The quantitative estimate of drug-likeness (QED) is 0.802. The van der Waals surface area contributed by atoms with Crippen LogP contribution in [-0.2, 0) is 14.8 Å². The zero-order valence-corrected chi connectivity index (χ0v) is 13.3. The summed E-state index contributed by atoms with van der Waals surface area (Å²) in [5, 5.41) is 3.40. The molecule has 0 bridgehead atoms. The predicted molar refractivity (Wildman–Crippen MR) is 80.4 cm³/mol. The van der Waals surface area contributed by atoms with Crippen molar-refractivity contribution in [3.05, 3.63) is 0 Å². The normalized spacial score (nSPS) is 31.4. The van der Waals surface area contributed by atoms with E-state index in [4.69, 9.17) is 0 Å². The average molecular weight is 315 g/mol. The molecule has 0 aromatic rings. The Morgan fingerprint density at radius 1 is 1.19 bits per heavy atom. The van der Waals surface area contributed by atoms with E-state index >= 15 is 0 Å². The Kier molecular flexibility index (Phi) is 4.51. The third-order valence-electron chi connectivity index (χ3n) is 4.99. The number of carbonyl (C=O) groups excluding carboxylic acids is 1. The Bertz CT molecular complexity index is 488. The van der Waals surface area contributed by atoms with Crippen LogP contribution in [-0.4, -0.2) is 67.5 Å². The number of nitrogens with one attached hydrogen (secondary N) is 1. The fourth-order valence-corrected chi connectivity index (χ4v) is 5.28. The maximum Gasteiger partial charge on any atom is 0.222 e. The molecule has 0 aromatic heterocycles. The smallest absolute Gasteiger partial charge is 0.222 e. The van der Waals surface area contributed by atoms with Gasteiger partial charge >= 0.3 is 0 Å². The van der Waals surface area contributed by atoms with E-state index in [0.717, 1.165) is 19.4 Å². The van der Waals surface area contributed by atoms with Crippen LogP contribution >= 0.6 is 0 Å². The number of hydrogen-bond donors (Lipinski definition) is 1. The van der Waals surface area contributed by atoms with E-state index in [-0.39, 0.29) is 17.7 Å². The van der Waals surface area contributed by atoms with Crippen LogP contribution in [0.15, 0.2) is 0 Å². The van der Waals surface area contributed by atoms with Crippen molar-refractivity contribution in [2.24, 2.45) is 0 Å². The van der Waals surface area contributed by atoms with Crippen LogP contribution in [0.4, 0.5) is 0 Å². The minimum Gasteiger partial charge on any atom is -0.337 e. The first kappa shape index (κ1) is 15.2. The molecule has 2 unspecified atom stereocenters. The minimum atomic E-state index is -3.18. The van der Waals surface area contributed by atoms with Crippen molar-refractivity contribution in [1.29, 1.82) is 0 Å². The molecule has 3 aliphatic rings. The van der Waals surface area contributed by atoms with Crippen molar-refractivity contribution in [2.75, 3.05) is 31.9 Å². The molecule has 0 radical (unpaired) electrons.